The van der Waals surface area contributed by atoms with Crippen molar-refractivity contribution < 1.29 is 27.1 Å². The van der Waals surface area contributed by atoms with Gasteiger partial charge in [0.05, 0.1) is 17.2 Å². The van der Waals surface area contributed by atoms with Crippen molar-refractivity contribution in [1.29, 1.82) is 0 Å². The van der Waals surface area contributed by atoms with Crippen molar-refractivity contribution in [2.24, 2.45) is 0 Å². The first-order valence-corrected chi connectivity index (χ1v) is 13.7. The van der Waals surface area contributed by atoms with Gasteiger partial charge in [-0.1, -0.05) is 37.3 Å². The predicted molar refractivity (Wildman–Crippen MR) is 144 cm³/mol. The van der Waals surface area contributed by atoms with Crippen LogP contribution >= 0.6 is 0 Å². The van der Waals surface area contributed by atoms with Crippen molar-refractivity contribution in [3.05, 3.63) is 90.2 Å². The second-order valence-corrected chi connectivity index (χ2v) is 10.3. The topological polar surface area (TPSA) is 96.0 Å². The van der Waals surface area contributed by atoms with Gasteiger partial charge in [0.15, 0.2) is 0 Å². The zero-order chi connectivity index (χ0) is 27.7. The van der Waals surface area contributed by atoms with Crippen molar-refractivity contribution >= 4 is 27.5 Å². The van der Waals surface area contributed by atoms with Gasteiger partial charge in [0.1, 0.15) is 24.2 Å². The number of anilines is 1. The van der Waals surface area contributed by atoms with Gasteiger partial charge in [0.25, 0.3) is 10.0 Å². The van der Waals surface area contributed by atoms with Crippen LogP contribution in [0.15, 0.2) is 83.8 Å². The highest BCUT2D eigenvalue weighted by atomic mass is 32.2. The van der Waals surface area contributed by atoms with Gasteiger partial charge in [0.2, 0.25) is 11.8 Å². The minimum atomic E-state index is -4.25. The highest BCUT2D eigenvalue weighted by Gasteiger charge is 2.33. The molecule has 2 amide bonds. The van der Waals surface area contributed by atoms with E-state index >= 15 is 0 Å². The molecule has 0 aliphatic rings. The summed E-state index contributed by atoms with van der Waals surface area (Å²) in [5, 5.41) is 2.58. The Kier molecular flexibility index (Phi) is 9.84. The van der Waals surface area contributed by atoms with Gasteiger partial charge >= 0.3 is 0 Å². The van der Waals surface area contributed by atoms with Crippen LogP contribution in [-0.4, -0.2) is 51.4 Å². The lowest BCUT2D eigenvalue weighted by Crippen LogP contribution is -2.51. The lowest BCUT2D eigenvalue weighted by Gasteiger charge is -2.33. The molecule has 0 saturated heterocycles. The standard InChI is InChI=1S/C28H32FN3O5S/c1-4-26(28(34)30-3)31(19-21-9-7-6-8-10-21)27(33)20-32(23-13-11-22(29)12-14-23)38(35,36)25-17-15-24(16-18-25)37-5-2/h6-18,26H,4-5,19-20H2,1-3H3,(H,30,34)/t26-/m1/s1. The summed E-state index contributed by atoms with van der Waals surface area (Å²) in [5.74, 6) is -0.987. The molecule has 0 unspecified atom stereocenters. The number of amides is 2. The van der Waals surface area contributed by atoms with Crippen LogP contribution < -0.4 is 14.4 Å². The molecule has 0 aromatic heterocycles. The average Bonchev–Trinajstić information content (AvgIpc) is 2.93. The number of carbonyl (C=O) groups is 2. The molecule has 1 N–H and O–H groups in total. The van der Waals surface area contributed by atoms with E-state index in [-0.39, 0.29) is 23.0 Å². The minimum Gasteiger partial charge on any atom is -0.494 e. The normalized spacial score (nSPS) is 11.9. The minimum absolute atomic E-state index is 0.0639. The molecule has 0 spiro atoms. The Morgan fingerprint density at radius 2 is 1.58 bits per heavy atom. The number of hydrogen-bond acceptors (Lipinski definition) is 5. The summed E-state index contributed by atoms with van der Waals surface area (Å²) in [5.41, 5.74) is 0.896. The SMILES string of the molecule is CCOc1ccc(S(=O)(=O)N(CC(=O)N(Cc2ccccc2)[C@H](CC)C(=O)NC)c2ccc(F)cc2)cc1. The number of carbonyl (C=O) groups excluding carboxylic acids is 2. The highest BCUT2D eigenvalue weighted by molar-refractivity contribution is 7.92. The van der Waals surface area contributed by atoms with Crippen molar-refractivity contribution in [3.63, 3.8) is 0 Å². The van der Waals surface area contributed by atoms with Crippen molar-refractivity contribution in [3.8, 4) is 5.75 Å². The predicted octanol–water partition coefficient (Wildman–Crippen LogP) is 3.97. The molecule has 3 aromatic carbocycles. The summed E-state index contributed by atoms with van der Waals surface area (Å²) >= 11 is 0. The molecule has 0 bridgehead atoms. The maximum absolute atomic E-state index is 13.8. The van der Waals surface area contributed by atoms with Gasteiger partial charge in [-0.2, -0.15) is 0 Å². The average molecular weight is 542 g/mol. The Balaban J connectivity index is 2.03. The molecule has 0 aliphatic carbocycles. The van der Waals surface area contributed by atoms with E-state index in [9.17, 15) is 22.4 Å². The first-order valence-electron chi connectivity index (χ1n) is 12.3. The number of halogens is 1. The van der Waals surface area contributed by atoms with Crippen LogP contribution in [0.1, 0.15) is 25.8 Å². The molecule has 8 nitrogen and oxygen atoms in total. The molecule has 1 atom stereocenters. The summed E-state index contributed by atoms with van der Waals surface area (Å²) in [4.78, 5) is 27.8. The van der Waals surface area contributed by atoms with Gasteiger partial charge in [0, 0.05) is 13.6 Å². The first-order chi connectivity index (χ1) is 18.2. The molecule has 202 valence electrons. The molecule has 10 heteroatoms. The van der Waals surface area contributed by atoms with Gasteiger partial charge in [-0.3, -0.25) is 13.9 Å². The third-order valence-electron chi connectivity index (χ3n) is 5.94. The number of nitrogens with zero attached hydrogens (tertiary/aromatic N) is 2. The van der Waals surface area contributed by atoms with Gasteiger partial charge in [-0.05, 0) is 67.4 Å². The molecule has 0 fully saturated rings. The molecule has 0 aliphatic heterocycles. The maximum Gasteiger partial charge on any atom is 0.264 e. The lowest BCUT2D eigenvalue weighted by atomic mass is 10.1. The Labute approximate surface area is 223 Å². The third kappa shape index (κ3) is 6.89. The van der Waals surface area contributed by atoms with Crippen LogP contribution in [0.4, 0.5) is 10.1 Å². The van der Waals surface area contributed by atoms with Crippen LogP contribution in [-0.2, 0) is 26.2 Å². The molecule has 3 rings (SSSR count). The second kappa shape index (κ2) is 13.0. The Morgan fingerprint density at radius 1 is 0.947 bits per heavy atom. The number of benzene rings is 3. The van der Waals surface area contributed by atoms with Crippen molar-refractivity contribution in [2.75, 3.05) is 24.5 Å². The van der Waals surface area contributed by atoms with E-state index in [0.717, 1.165) is 22.0 Å². The second-order valence-electron chi connectivity index (χ2n) is 8.44. The number of ether oxygens (including phenoxy) is 1. The maximum atomic E-state index is 13.8. The summed E-state index contributed by atoms with van der Waals surface area (Å²) in [6.45, 7) is 3.52. The van der Waals surface area contributed by atoms with Crippen LogP contribution in [0.3, 0.4) is 0 Å². The number of nitrogens with one attached hydrogen (secondary N) is 1. The largest absolute Gasteiger partial charge is 0.494 e. The van der Waals surface area contributed by atoms with E-state index in [1.54, 1.807) is 6.92 Å². The van der Waals surface area contributed by atoms with Gasteiger partial charge in [-0.25, -0.2) is 12.8 Å². The van der Waals surface area contributed by atoms with Crippen LogP contribution in [0, 0.1) is 5.82 Å². The van der Waals surface area contributed by atoms with Crippen molar-refractivity contribution in [1.82, 2.24) is 10.2 Å². The summed E-state index contributed by atoms with van der Waals surface area (Å²) in [6.07, 6.45) is 0.320. The summed E-state index contributed by atoms with van der Waals surface area (Å²) < 4.78 is 47.6. The molecule has 0 radical (unpaired) electrons. The van der Waals surface area contributed by atoms with E-state index in [2.05, 4.69) is 5.32 Å². The Morgan fingerprint density at radius 3 is 2.13 bits per heavy atom. The summed E-state index contributed by atoms with van der Waals surface area (Å²) in [6, 6.07) is 19.0. The number of sulfonamides is 1. The number of hydrogen-bond donors (Lipinski definition) is 1. The smallest absolute Gasteiger partial charge is 0.264 e. The fraction of sp³-hybridized carbons (Fsp3) is 0.286. The first kappa shape index (κ1) is 28.6. The van der Waals surface area contributed by atoms with Gasteiger partial charge < -0.3 is 15.0 Å². The van der Waals surface area contributed by atoms with E-state index in [4.69, 9.17) is 4.74 Å². The number of rotatable bonds is 12. The fourth-order valence-electron chi connectivity index (χ4n) is 4.00. The third-order valence-corrected chi connectivity index (χ3v) is 7.73. The van der Waals surface area contributed by atoms with Crippen molar-refractivity contribution in [2.45, 2.75) is 37.8 Å². The van der Waals surface area contributed by atoms with E-state index in [1.165, 1.54) is 48.3 Å². The lowest BCUT2D eigenvalue weighted by molar-refractivity contribution is -0.140. The van der Waals surface area contributed by atoms with Crippen LogP contribution in [0.25, 0.3) is 0 Å². The molecule has 38 heavy (non-hydrogen) atoms. The van der Waals surface area contributed by atoms with Crippen LogP contribution in [0.5, 0.6) is 5.75 Å². The zero-order valence-electron chi connectivity index (χ0n) is 21.6. The molecule has 3 aromatic rings. The zero-order valence-corrected chi connectivity index (χ0v) is 22.4. The van der Waals surface area contributed by atoms with Crippen LogP contribution in [0.2, 0.25) is 0 Å². The summed E-state index contributed by atoms with van der Waals surface area (Å²) in [7, 11) is -2.77. The molecule has 0 heterocycles. The molecular formula is C28H32FN3O5S. The van der Waals surface area contributed by atoms with Gasteiger partial charge in [-0.15, -0.1) is 0 Å². The Bertz CT molecular complexity index is 1320. The Hall–Kier alpha value is -3.92. The van der Waals surface area contributed by atoms with E-state index < -0.39 is 34.3 Å². The monoisotopic (exact) mass is 541 g/mol. The highest BCUT2D eigenvalue weighted by Crippen LogP contribution is 2.26. The quantitative estimate of drug-likeness (QED) is 0.374. The number of likely N-dealkylation sites (N-methyl/N-ethyl adjacent to an activating group) is 1. The molecular weight excluding hydrogens is 509 g/mol. The fourth-order valence-corrected chi connectivity index (χ4v) is 5.42. The van der Waals surface area contributed by atoms with E-state index in [0.29, 0.717) is 18.8 Å². The van der Waals surface area contributed by atoms with E-state index in [1.807, 2.05) is 37.3 Å². The molecule has 0 saturated carbocycles.